The molecular weight excluding hydrogens is 264 g/mol. The van der Waals surface area contributed by atoms with Crippen LogP contribution in [0.1, 0.15) is 59.8 Å². The fourth-order valence-electron chi connectivity index (χ4n) is 3.32. The molecule has 2 heteroatoms. The second-order valence-electron chi connectivity index (χ2n) is 6.43. The Morgan fingerprint density at radius 2 is 1.47 bits per heavy atom. The second kappa shape index (κ2) is 8.66. The SMILES string of the molecule is CC(C)N(CCC[CH2][Ga]1[CH2]CCC[CH2]1)C(C)C. The Balaban J connectivity index is 2.09. The molecule has 1 fully saturated rings. The molecule has 0 N–H and O–H groups in total. The normalized spacial score (nSPS) is 17.5. The molecule has 0 aromatic rings. The van der Waals surface area contributed by atoms with E-state index in [4.69, 9.17) is 0 Å². The Morgan fingerprint density at radius 1 is 0.882 bits per heavy atom. The van der Waals surface area contributed by atoms with E-state index in [2.05, 4.69) is 32.6 Å². The molecule has 1 aliphatic rings. The molecule has 0 unspecified atom stereocenters. The van der Waals surface area contributed by atoms with Gasteiger partial charge < -0.3 is 0 Å². The molecular formula is C15H32GaN. The Morgan fingerprint density at radius 3 is 2.00 bits per heavy atom. The van der Waals surface area contributed by atoms with E-state index < -0.39 is 16.2 Å². The zero-order chi connectivity index (χ0) is 12.7. The number of hydrogen-bond donors (Lipinski definition) is 0. The minimum absolute atomic E-state index is 0.714. The third-order valence-electron chi connectivity index (χ3n) is 4.33. The zero-order valence-electron chi connectivity index (χ0n) is 12.5. The summed E-state index contributed by atoms with van der Waals surface area (Å²) in [5.74, 6) is 0. The van der Waals surface area contributed by atoms with Gasteiger partial charge in [0, 0.05) is 0 Å². The Bertz CT molecular complexity index is 177. The molecule has 0 atom stereocenters. The van der Waals surface area contributed by atoms with Crippen LogP contribution in [0.5, 0.6) is 0 Å². The molecule has 100 valence electrons. The predicted molar refractivity (Wildman–Crippen MR) is 80.2 cm³/mol. The van der Waals surface area contributed by atoms with Crippen molar-refractivity contribution in [1.82, 2.24) is 4.90 Å². The molecule has 0 aromatic heterocycles. The third kappa shape index (κ3) is 6.35. The van der Waals surface area contributed by atoms with E-state index in [-0.39, 0.29) is 0 Å². The predicted octanol–water partition coefficient (Wildman–Crippen LogP) is 4.56. The van der Waals surface area contributed by atoms with Crippen molar-refractivity contribution >= 4 is 16.2 Å². The quantitative estimate of drug-likeness (QED) is 0.491. The molecule has 0 radical (unpaired) electrons. The van der Waals surface area contributed by atoms with Gasteiger partial charge in [-0.2, -0.15) is 0 Å². The summed E-state index contributed by atoms with van der Waals surface area (Å²) < 4.78 is 0. The van der Waals surface area contributed by atoms with Crippen molar-refractivity contribution < 1.29 is 0 Å². The van der Waals surface area contributed by atoms with E-state index in [1.165, 1.54) is 25.8 Å². The first-order chi connectivity index (χ1) is 8.11. The second-order valence-corrected chi connectivity index (χ2v) is 13.7. The van der Waals surface area contributed by atoms with Gasteiger partial charge in [-0.15, -0.1) is 0 Å². The van der Waals surface area contributed by atoms with Crippen LogP contribution in [0.4, 0.5) is 0 Å². The van der Waals surface area contributed by atoms with Crippen LogP contribution in [-0.2, 0) is 0 Å². The standard InChI is InChI=1S/C10H22N.C5H10.Ga/c1-6-7-8-11(9(2)3)10(4)5;1-3-5-4-2;/h9-10H,1,6-8H2,2-5H3;1-5H2;. The van der Waals surface area contributed by atoms with Crippen molar-refractivity contribution in [3.8, 4) is 0 Å². The number of nitrogens with zero attached hydrogens (tertiary/aromatic N) is 1. The first-order valence-electron chi connectivity index (χ1n) is 7.87. The van der Waals surface area contributed by atoms with Crippen LogP contribution in [-0.4, -0.2) is 39.7 Å². The minimum atomic E-state index is -0.719. The van der Waals surface area contributed by atoms with E-state index in [0.717, 1.165) is 0 Å². The van der Waals surface area contributed by atoms with Gasteiger partial charge in [-0.05, 0) is 0 Å². The van der Waals surface area contributed by atoms with Gasteiger partial charge in [0.25, 0.3) is 0 Å². The maximum atomic E-state index is 2.65. The molecule has 1 saturated heterocycles. The molecule has 1 aliphatic heterocycles. The molecule has 0 amide bonds. The van der Waals surface area contributed by atoms with E-state index in [1.807, 2.05) is 0 Å². The monoisotopic (exact) mass is 295 g/mol. The zero-order valence-corrected chi connectivity index (χ0v) is 15.0. The van der Waals surface area contributed by atoms with Crippen molar-refractivity contribution in [1.29, 1.82) is 0 Å². The summed E-state index contributed by atoms with van der Waals surface area (Å²) in [5.41, 5.74) is 0. The first-order valence-corrected chi connectivity index (χ1v) is 13.0. The van der Waals surface area contributed by atoms with Gasteiger partial charge in [0.1, 0.15) is 0 Å². The van der Waals surface area contributed by atoms with E-state index in [0.29, 0.717) is 12.1 Å². The molecule has 0 aromatic carbocycles. The summed E-state index contributed by atoms with van der Waals surface area (Å²) >= 11 is -0.719. The van der Waals surface area contributed by atoms with Crippen LogP contribution in [0, 0.1) is 0 Å². The van der Waals surface area contributed by atoms with Crippen molar-refractivity contribution in [3.63, 3.8) is 0 Å². The van der Waals surface area contributed by atoms with Crippen molar-refractivity contribution in [2.45, 2.75) is 86.8 Å². The average Bonchev–Trinajstić information content (AvgIpc) is 2.29. The summed E-state index contributed by atoms with van der Waals surface area (Å²) in [7, 11) is 0. The topological polar surface area (TPSA) is 3.24 Å². The summed E-state index contributed by atoms with van der Waals surface area (Å²) in [4.78, 5) is 7.72. The first kappa shape index (κ1) is 15.7. The fourth-order valence-corrected chi connectivity index (χ4v) is 10.6. The Kier molecular flexibility index (Phi) is 7.97. The van der Waals surface area contributed by atoms with E-state index in [9.17, 15) is 0 Å². The summed E-state index contributed by atoms with van der Waals surface area (Å²) in [6, 6.07) is 1.43. The van der Waals surface area contributed by atoms with Crippen LogP contribution in [0.25, 0.3) is 0 Å². The van der Waals surface area contributed by atoms with Crippen molar-refractivity contribution in [3.05, 3.63) is 0 Å². The van der Waals surface area contributed by atoms with Gasteiger partial charge in [-0.3, -0.25) is 0 Å². The molecule has 1 nitrogen and oxygen atoms in total. The van der Waals surface area contributed by atoms with Crippen molar-refractivity contribution in [2.24, 2.45) is 0 Å². The van der Waals surface area contributed by atoms with Crippen molar-refractivity contribution in [2.75, 3.05) is 6.54 Å². The van der Waals surface area contributed by atoms with Gasteiger partial charge in [0.05, 0.1) is 0 Å². The van der Waals surface area contributed by atoms with Gasteiger partial charge in [-0.25, -0.2) is 0 Å². The summed E-state index contributed by atoms with van der Waals surface area (Å²) in [6.45, 7) is 10.7. The van der Waals surface area contributed by atoms with Crippen LogP contribution in [0.2, 0.25) is 14.9 Å². The van der Waals surface area contributed by atoms with Gasteiger partial charge in [-0.1, -0.05) is 0 Å². The third-order valence-corrected chi connectivity index (χ3v) is 12.0. The molecule has 0 bridgehead atoms. The van der Waals surface area contributed by atoms with Crippen LogP contribution >= 0.6 is 0 Å². The molecule has 0 saturated carbocycles. The van der Waals surface area contributed by atoms with Gasteiger partial charge in [0.15, 0.2) is 0 Å². The van der Waals surface area contributed by atoms with E-state index in [1.54, 1.807) is 27.8 Å². The maximum absolute atomic E-state index is 2.65. The fraction of sp³-hybridized carbons (Fsp3) is 1.00. The van der Waals surface area contributed by atoms with Crippen LogP contribution < -0.4 is 0 Å². The van der Waals surface area contributed by atoms with Gasteiger partial charge >= 0.3 is 114 Å². The van der Waals surface area contributed by atoms with E-state index >= 15 is 0 Å². The number of hydrogen-bond acceptors (Lipinski definition) is 1. The molecule has 1 rings (SSSR count). The Hall–Kier alpha value is 0.596. The summed E-state index contributed by atoms with van der Waals surface area (Å²) in [5, 5.41) is 0. The van der Waals surface area contributed by atoms with Crippen LogP contribution in [0.15, 0.2) is 0 Å². The van der Waals surface area contributed by atoms with Crippen LogP contribution in [0.3, 0.4) is 0 Å². The average molecular weight is 296 g/mol. The molecule has 1 heterocycles. The molecule has 17 heavy (non-hydrogen) atoms. The molecule has 0 aliphatic carbocycles. The number of unbranched alkanes of at least 4 members (excludes halogenated alkanes) is 1. The summed E-state index contributed by atoms with van der Waals surface area (Å²) in [6.07, 6.45) is 7.67. The van der Waals surface area contributed by atoms with Gasteiger partial charge in [0.2, 0.25) is 0 Å². The number of rotatable bonds is 7. The molecule has 0 spiro atoms. The Labute approximate surface area is 114 Å².